The molecule has 0 spiro atoms. The number of alkyl halides is 3. The number of hydrogen-bond donors (Lipinski definition) is 1. The second kappa shape index (κ2) is 6.90. The molecule has 2 saturated heterocycles. The van der Waals surface area contributed by atoms with Gasteiger partial charge in [0.2, 0.25) is 11.8 Å². The monoisotopic (exact) mass is 347 g/mol. The van der Waals surface area contributed by atoms with Gasteiger partial charge in [0.1, 0.15) is 6.04 Å². The summed E-state index contributed by atoms with van der Waals surface area (Å²) < 4.78 is 37.3. The Morgan fingerprint density at radius 1 is 1.00 bits per heavy atom. The molecule has 0 aromatic heterocycles. The van der Waals surface area contributed by atoms with Gasteiger partial charge in [-0.3, -0.25) is 14.5 Å². The van der Waals surface area contributed by atoms with Crippen LogP contribution in [0.4, 0.5) is 13.2 Å². The van der Waals surface area contributed by atoms with E-state index in [0.29, 0.717) is 25.8 Å². The Bertz CT molecular complexity index is 485. The topological polar surface area (TPSA) is 52.7 Å². The quantitative estimate of drug-likeness (QED) is 0.839. The van der Waals surface area contributed by atoms with Crippen molar-refractivity contribution in [3.05, 3.63) is 0 Å². The molecule has 0 bridgehead atoms. The molecule has 3 rings (SSSR count). The molecular weight excluding hydrogens is 323 g/mol. The third-order valence-electron chi connectivity index (χ3n) is 5.10. The number of rotatable bonds is 4. The third-order valence-corrected chi connectivity index (χ3v) is 5.10. The van der Waals surface area contributed by atoms with Gasteiger partial charge in [-0.2, -0.15) is 13.2 Å². The van der Waals surface area contributed by atoms with Gasteiger partial charge in [-0.1, -0.05) is 0 Å². The molecule has 2 amide bonds. The van der Waals surface area contributed by atoms with Crippen molar-refractivity contribution in [1.82, 2.24) is 15.1 Å². The highest BCUT2D eigenvalue weighted by Crippen LogP contribution is 2.28. The van der Waals surface area contributed by atoms with E-state index in [0.717, 1.165) is 19.3 Å². The molecule has 1 saturated carbocycles. The summed E-state index contributed by atoms with van der Waals surface area (Å²) >= 11 is 0. The first-order valence-corrected chi connectivity index (χ1v) is 8.73. The summed E-state index contributed by atoms with van der Waals surface area (Å²) in [5.74, 6) is -0.392. The van der Waals surface area contributed by atoms with Crippen LogP contribution in [0.5, 0.6) is 0 Å². The lowest BCUT2D eigenvalue weighted by molar-refractivity contribution is -0.152. The van der Waals surface area contributed by atoms with E-state index in [-0.39, 0.29) is 36.9 Å². The number of nitrogens with zero attached hydrogens (tertiary/aromatic N) is 2. The fraction of sp³-hybridized carbons (Fsp3) is 0.875. The van der Waals surface area contributed by atoms with Gasteiger partial charge >= 0.3 is 6.18 Å². The predicted octanol–water partition coefficient (Wildman–Crippen LogP) is 1.53. The minimum atomic E-state index is -4.20. The second-order valence-electron chi connectivity index (χ2n) is 7.14. The Labute approximate surface area is 139 Å². The van der Waals surface area contributed by atoms with Gasteiger partial charge in [-0.05, 0) is 51.6 Å². The largest absolute Gasteiger partial charge is 0.401 e. The Hall–Kier alpha value is -1.31. The minimum Gasteiger partial charge on any atom is -0.352 e. The number of halogens is 3. The lowest BCUT2D eigenvalue weighted by atomic mass is 9.95. The van der Waals surface area contributed by atoms with Crippen LogP contribution in [0.15, 0.2) is 0 Å². The molecule has 5 nitrogen and oxygen atoms in total. The second-order valence-corrected chi connectivity index (χ2v) is 7.14. The lowest BCUT2D eigenvalue weighted by Crippen LogP contribution is -2.50. The van der Waals surface area contributed by atoms with Gasteiger partial charge in [0, 0.05) is 18.5 Å². The molecule has 8 heteroatoms. The summed E-state index contributed by atoms with van der Waals surface area (Å²) in [6, 6.07) is -0.132. The van der Waals surface area contributed by atoms with Crippen molar-refractivity contribution in [2.75, 3.05) is 26.2 Å². The normalized spacial score (nSPS) is 26.6. The van der Waals surface area contributed by atoms with Crippen LogP contribution in [0.3, 0.4) is 0 Å². The zero-order valence-corrected chi connectivity index (χ0v) is 13.6. The number of piperidine rings is 1. The van der Waals surface area contributed by atoms with Gasteiger partial charge in [-0.15, -0.1) is 0 Å². The van der Waals surface area contributed by atoms with E-state index in [1.807, 2.05) is 0 Å². The van der Waals surface area contributed by atoms with E-state index < -0.39 is 18.8 Å². The maximum Gasteiger partial charge on any atom is 0.401 e. The minimum absolute atomic E-state index is 0.0601. The van der Waals surface area contributed by atoms with Gasteiger partial charge in [0.15, 0.2) is 0 Å². The Balaban J connectivity index is 1.51. The molecule has 1 aliphatic carbocycles. The van der Waals surface area contributed by atoms with E-state index in [1.54, 1.807) is 4.90 Å². The highest BCUT2D eigenvalue weighted by Gasteiger charge is 2.40. The fourth-order valence-corrected chi connectivity index (χ4v) is 3.65. The number of nitrogens with one attached hydrogen (secondary N) is 1. The van der Waals surface area contributed by atoms with Gasteiger partial charge in [0.25, 0.3) is 0 Å². The molecule has 1 unspecified atom stereocenters. The van der Waals surface area contributed by atoms with Crippen LogP contribution in [0.2, 0.25) is 0 Å². The molecule has 1 N–H and O–H groups in total. The summed E-state index contributed by atoms with van der Waals surface area (Å²) in [5.41, 5.74) is 0. The molecule has 0 radical (unpaired) electrons. The zero-order valence-electron chi connectivity index (χ0n) is 13.6. The summed E-state index contributed by atoms with van der Waals surface area (Å²) in [4.78, 5) is 28.0. The van der Waals surface area contributed by atoms with Crippen molar-refractivity contribution in [1.29, 1.82) is 0 Å². The van der Waals surface area contributed by atoms with Crippen LogP contribution >= 0.6 is 0 Å². The summed E-state index contributed by atoms with van der Waals surface area (Å²) in [6.07, 6.45) is 0.162. The van der Waals surface area contributed by atoms with E-state index in [1.165, 1.54) is 4.90 Å². The molecule has 0 aromatic carbocycles. The Morgan fingerprint density at radius 2 is 1.67 bits per heavy atom. The van der Waals surface area contributed by atoms with Crippen molar-refractivity contribution in [2.45, 2.75) is 56.8 Å². The van der Waals surface area contributed by atoms with Gasteiger partial charge in [-0.25, -0.2) is 0 Å². The van der Waals surface area contributed by atoms with E-state index in [9.17, 15) is 22.8 Å². The summed E-state index contributed by atoms with van der Waals surface area (Å²) in [6.45, 7) is 0.222. The van der Waals surface area contributed by atoms with Crippen molar-refractivity contribution in [3.63, 3.8) is 0 Å². The molecule has 3 fully saturated rings. The Kier molecular flexibility index (Phi) is 5.03. The van der Waals surface area contributed by atoms with Crippen molar-refractivity contribution in [3.8, 4) is 0 Å². The van der Waals surface area contributed by atoms with Crippen molar-refractivity contribution < 1.29 is 22.8 Å². The highest BCUT2D eigenvalue weighted by atomic mass is 19.4. The van der Waals surface area contributed by atoms with Crippen LogP contribution in [0.25, 0.3) is 0 Å². The first-order chi connectivity index (χ1) is 11.3. The standard InChI is InChI=1S/C16H24F3N3O2/c17-16(18,19)10-21-8-5-11(6-9-21)15(24)22-7-1-2-13(22)14(23)20-12-3-4-12/h11-13H,1-10H2,(H,20,23). The summed E-state index contributed by atoms with van der Waals surface area (Å²) in [7, 11) is 0. The van der Waals surface area contributed by atoms with Crippen LogP contribution in [0.1, 0.15) is 38.5 Å². The number of carbonyl (C=O) groups is 2. The maximum atomic E-state index is 12.7. The number of likely N-dealkylation sites (tertiary alicyclic amines) is 2. The average Bonchev–Trinajstić information content (AvgIpc) is 3.18. The zero-order chi connectivity index (χ0) is 17.3. The number of amides is 2. The lowest BCUT2D eigenvalue weighted by Gasteiger charge is -2.34. The van der Waals surface area contributed by atoms with E-state index in [4.69, 9.17) is 0 Å². The molecule has 2 heterocycles. The molecule has 24 heavy (non-hydrogen) atoms. The predicted molar refractivity (Wildman–Crippen MR) is 81.1 cm³/mol. The van der Waals surface area contributed by atoms with E-state index >= 15 is 0 Å². The van der Waals surface area contributed by atoms with E-state index in [2.05, 4.69) is 5.32 Å². The molecule has 2 aliphatic heterocycles. The van der Waals surface area contributed by atoms with Crippen LogP contribution in [0, 0.1) is 5.92 Å². The average molecular weight is 347 g/mol. The van der Waals surface area contributed by atoms with Gasteiger partial charge < -0.3 is 10.2 Å². The van der Waals surface area contributed by atoms with Gasteiger partial charge in [0.05, 0.1) is 6.54 Å². The van der Waals surface area contributed by atoms with Crippen molar-refractivity contribution >= 4 is 11.8 Å². The highest BCUT2D eigenvalue weighted by molar-refractivity contribution is 5.89. The van der Waals surface area contributed by atoms with Crippen LogP contribution in [-0.4, -0.2) is 66.1 Å². The smallest absolute Gasteiger partial charge is 0.352 e. The van der Waals surface area contributed by atoms with Crippen molar-refractivity contribution in [2.24, 2.45) is 5.92 Å². The van der Waals surface area contributed by atoms with Crippen LogP contribution < -0.4 is 5.32 Å². The fourth-order valence-electron chi connectivity index (χ4n) is 3.65. The summed E-state index contributed by atoms with van der Waals surface area (Å²) in [5, 5.41) is 2.95. The molecular formula is C16H24F3N3O2. The first kappa shape index (κ1) is 17.5. The Morgan fingerprint density at radius 3 is 2.25 bits per heavy atom. The molecule has 0 aromatic rings. The number of carbonyl (C=O) groups excluding carboxylic acids is 2. The first-order valence-electron chi connectivity index (χ1n) is 8.73. The van der Waals surface area contributed by atoms with Crippen LogP contribution in [-0.2, 0) is 9.59 Å². The SMILES string of the molecule is O=C(NC1CC1)C1CCCN1C(=O)C1CCN(CC(F)(F)F)CC1. The molecule has 1 atom stereocenters. The maximum absolute atomic E-state index is 12.7. The molecule has 3 aliphatic rings. The molecule has 136 valence electrons. The number of hydrogen-bond acceptors (Lipinski definition) is 3. The third kappa shape index (κ3) is 4.40.